The highest BCUT2D eigenvalue weighted by Gasteiger charge is 2.36. The van der Waals surface area contributed by atoms with Gasteiger partial charge in [-0.25, -0.2) is 13.1 Å². The average molecular weight is 252 g/mol. The van der Waals surface area contributed by atoms with Gasteiger partial charge in [0.2, 0.25) is 10.0 Å². The summed E-state index contributed by atoms with van der Waals surface area (Å²) in [5.74, 6) is 0.147. The van der Waals surface area contributed by atoms with Gasteiger partial charge >= 0.3 is 0 Å². The number of sulfonamides is 1. The van der Waals surface area contributed by atoms with Gasteiger partial charge in [-0.15, -0.1) is 0 Å². The molecular weight excluding hydrogens is 232 g/mol. The van der Waals surface area contributed by atoms with Gasteiger partial charge in [-0.2, -0.15) is 11.8 Å². The molecule has 4 nitrogen and oxygen atoms in total. The fraction of sp³-hybridized carbons (Fsp3) is 1.00. The van der Waals surface area contributed by atoms with Crippen molar-refractivity contribution < 1.29 is 8.42 Å². The third-order valence-corrected chi connectivity index (χ3v) is 5.76. The molecule has 0 heterocycles. The molecule has 3 N–H and O–H groups in total. The first-order valence-corrected chi connectivity index (χ1v) is 8.14. The van der Waals surface area contributed by atoms with Gasteiger partial charge in [-0.3, -0.25) is 0 Å². The van der Waals surface area contributed by atoms with Crippen LogP contribution in [-0.4, -0.2) is 38.3 Å². The van der Waals surface area contributed by atoms with E-state index in [9.17, 15) is 8.42 Å². The van der Waals surface area contributed by atoms with E-state index in [2.05, 4.69) is 4.72 Å². The van der Waals surface area contributed by atoms with Gasteiger partial charge in [0.05, 0.1) is 5.75 Å². The Kier molecular flexibility index (Phi) is 4.89. The summed E-state index contributed by atoms with van der Waals surface area (Å²) in [6.07, 6.45) is 6.03. The van der Waals surface area contributed by atoms with Gasteiger partial charge in [-0.1, -0.05) is 6.42 Å². The molecule has 1 rings (SSSR count). The van der Waals surface area contributed by atoms with E-state index < -0.39 is 10.0 Å². The second kappa shape index (κ2) is 5.52. The minimum absolute atomic E-state index is 0.147. The first-order valence-electron chi connectivity index (χ1n) is 5.26. The molecular formula is C9H20N2O2S2. The molecule has 0 unspecified atom stereocenters. The summed E-state index contributed by atoms with van der Waals surface area (Å²) in [4.78, 5) is 0. The largest absolute Gasteiger partial charge is 0.330 e. The highest BCUT2D eigenvalue weighted by Crippen LogP contribution is 2.42. The molecule has 90 valence electrons. The molecule has 1 aliphatic carbocycles. The summed E-state index contributed by atoms with van der Waals surface area (Å²) in [5, 5.41) is 0. The van der Waals surface area contributed by atoms with E-state index in [1.807, 2.05) is 6.26 Å². The van der Waals surface area contributed by atoms with Crippen LogP contribution in [0.4, 0.5) is 0 Å². The topological polar surface area (TPSA) is 72.2 Å². The van der Waals surface area contributed by atoms with Crippen molar-refractivity contribution in [2.75, 3.05) is 25.1 Å². The molecule has 0 spiro atoms. The molecule has 1 fully saturated rings. The second-order valence-electron chi connectivity index (χ2n) is 4.02. The van der Waals surface area contributed by atoms with E-state index in [0.717, 1.165) is 12.8 Å². The molecule has 15 heavy (non-hydrogen) atoms. The Morgan fingerprint density at radius 1 is 1.47 bits per heavy atom. The molecule has 6 heteroatoms. The maximum Gasteiger partial charge on any atom is 0.211 e. The first-order chi connectivity index (χ1) is 7.04. The number of hydrogen-bond acceptors (Lipinski definition) is 4. The Bertz CT molecular complexity index is 281. The quantitative estimate of drug-likeness (QED) is 0.694. The summed E-state index contributed by atoms with van der Waals surface area (Å²) in [6, 6.07) is 0. The summed E-state index contributed by atoms with van der Waals surface area (Å²) < 4.78 is 25.9. The van der Waals surface area contributed by atoms with Crippen LogP contribution in [0.25, 0.3) is 0 Å². The van der Waals surface area contributed by atoms with E-state index in [4.69, 9.17) is 5.73 Å². The fourth-order valence-electron chi connectivity index (χ4n) is 1.61. The van der Waals surface area contributed by atoms with Crippen molar-refractivity contribution in [3.05, 3.63) is 0 Å². The van der Waals surface area contributed by atoms with Crippen molar-refractivity contribution in [1.29, 1.82) is 0 Å². The van der Waals surface area contributed by atoms with Crippen LogP contribution in [0, 0.1) is 0 Å². The van der Waals surface area contributed by atoms with E-state index in [1.165, 1.54) is 6.42 Å². The second-order valence-corrected chi connectivity index (χ2v) is 7.22. The van der Waals surface area contributed by atoms with Crippen LogP contribution in [0.5, 0.6) is 0 Å². The average Bonchev–Trinajstić information content (AvgIpc) is 2.14. The molecule has 0 aromatic rings. The molecule has 0 amide bonds. The molecule has 0 aromatic carbocycles. The lowest BCUT2D eigenvalue weighted by Crippen LogP contribution is -2.45. The smallest absolute Gasteiger partial charge is 0.211 e. The Morgan fingerprint density at radius 2 is 2.13 bits per heavy atom. The SMILES string of the molecule is CSC1(CNS(=O)(=O)CCCN)CCC1. The Hall–Kier alpha value is 0.220. The maximum absolute atomic E-state index is 11.5. The fourth-order valence-corrected chi connectivity index (χ4v) is 3.80. The zero-order chi connectivity index (χ0) is 11.4. The Morgan fingerprint density at radius 3 is 2.53 bits per heavy atom. The Balaban J connectivity index is 2.35. The van der Waals surface area contributed by atoms with Crippen molar-refractivity contribution in [1.82, 2.24) is 4.72 Å². The third-order valence-electron chi connectivity index (χ3n) is 2.93. The van der Waals surface area contributed by atoms with Gasteiger partial charge < -0.3 is 5.73 Å². The van der Waals surface area contributed by atoms with Crippen molar-refractivity contribution in [2.24, 2.45) is 5.73 Å². The van der Waals surface area contributed by atoms with E-state index in [1.54, 1.807) is 11.8 Å². The standard InChI is InChI=1S/C9H20N2O2S2/c1-14-9(4-2-5-9)8-11-15(12,13)7-3-6-10/h11H,2-8,10H2,1H3. The molecule has 1 saturated carbocycles. The lowest BCUT2D eigenvalue weighted by Gasteiger charge is -2.40. The lowest BCUT2D eigenvalue weighted by atomic mass is 9.84. The number of thioether (sulfide) groups is 1. The van der Waals surface area contributed by atoms with Gasteiger partial charge in [0, 0.05) is 11.3 Å². The van der Waals surface area contributed by atoms with Crippen LogP contribution in [0.2, 0.25) is 0 Å². The minimum atomic E-state index is -3.11. The van der Waals surface area contributed by atoms with Crippen LogP contribution >= 0.6 is 11.8 Å². The highest BCUT2D eigenvalue weighted by atomic mass is 32.2. The van der Waals surface area contributed by atoms with Crippen molar-refractivity contribution in [2.45, 2.75) is 30.4 Å². The van der Waals surface area contributed by atoms with Crippen LogP contribution in [0.1, 0.15) is 25.7 Å². The zero-order valence-corrected chi connectivity index (χ0v) is 10.8. The molecule has 0 atom stereocenters. The number of hydrogen-bond donors (Lipinski definition) is 2. The number of nitrogens with one attached hydrogen (secondary N) is 1. The molecule has 1 aliphatic rings. The highest BCUT2D eigenvalue weighted by molar-refractivity contribution is 8.00. The normalized spacial score (nSPS) is 19.9. The van der Waals surface area contributed by atoms with E-state index in [-0.39, 0.29) is 10.5 Å². The summed E-state index contributed by atoms with van der Waals surface area (Å²) in [5.41, 5.74) is 5.28. The zero-order valence-electron chi connectivity index (χ0n) is 9.16. The lowest BCUT2D eigenvalue weighted by molar-refractivity contribution is 0.362. The summed E-state index contributed by atoms with van der Waals surface area (Å²) >= 11 is 1.77. The minimum Gasteiger partial charge on any atom is -0.330 e. The molecule has 0 aliphatic heterocycles. The van der Waals surface area contributed by atoms with Crippen molar-refractivity contribution in [3.63, 3.8) is 0 Å². The van der Waals surface area contributed by atoms with Crippen LogP contribution in [-0.2, 0) is 10.0 Å². The molecule has 0 radical (unpaired) electrons. The first kappa shape index (κ1) is 13.3. The summed E-state index contributed by atoms with van der Waals surface area (Å²) in [6.45, 7) is 0.996. The number of rotatable bonds is 7. The molecule has 0 bridgehead atoms. The van der Waals surface area contributed by atoms with Gasteiger partial charge in [-0.05, 0) is 32.1 Å². The predicted molar refractivity (Wildman–Crippen MR) is 65.6 cm³/mol. The van der Waals surface area contributed by atoms with Gasteiger partial charge in [0.25, 0.3) is 0 Å². The van der Waals surface area contributed by atoms with Crippen molar-refractivity contribution >= 4 is 21.8 Å². The van der Waals surface area contributed by atoms with Crippen LogP contribution in [0.3, 0.4) is 0 Å². The summed E-state index contributed by atoms with van der Waals surface area (Å²) in [7, 11) is -3.11. The molecule has 0 saturated heterocycles. The van der Waals surface area contributed by atoms with Crippen LogP contribution < -0.4 is 10.5 Å². The maximum atomic E-state index is 11.5. The Labute approximate surface area is 96.4 Å². The predicted octanol–water partition coefficient (Wildman–Crippen LogP) is 0.540. The van der Waals surface area contributed by atoms with E-state index in [0.29, 0.717) is 19.5 Å². The van der Waals surface area contributed by atoms with Crippen LogP contribution in [0.15, 0.2) is 0 Å². The monoisotopic (exact) mass is 252 g/mol. The van der Waals surface area contributed by atoms with Gasteiger partial charge in [0.15, 0.2) is 0 Å². The van der Waals surface area contributed by atoms with Crippen molar-refractivity contribution in [3.8, 4) is 0 Å². The van der Waals surface area contributed by atoms with E-state index >= 15 is 0 Å². The molecule has 0 aromatic heterocycles. The number of nitrogens with two attached hydrogens (primary N) is 1. The van der Waals surface area contributed by atoms with Gasteiger partial charge in [0.1, 0.15) is 0 Å². The third kappa shape index (κ3) is 3.94.